The third-order valence-corrected chi connectivity index (χ3v) is 4.22. The second-order valence-electron chi connectivity index (χ2n) is 5.42. The van der Waals surface area contributed by atoms with Crippen LogP contribution >= 0.6 is 11.6 Å². The van der Waals surface area contributed by atoms with Gasteiger partial charge < -0.3 is 10.8 Å². The van der Waals surface area contributed by atoms with Crippen molar-refractivity contribution in [3.8, 4) is 0 Å². The zero-order valence-corrected chi connectivity index (χ0v) is 12.7. The third kappa shape index (κ3) is 3.43. The normalized spacial score (nSPS) is 14.0. The number of benzene rings is 2. The van der Waals surface area contributed by atoms with Crippen LogP contribution in [0, 0.1) is 12.7 Å². The summed E-state index contributed by atoms with van der Waals surface area (Å²) in [5, 5.41) is 10.5. The molecule has 0 aromatic heterocycles. The zero-order valence-electron chi connectivity index (χ0n) is 11.9. The number of nitrogens with two attached hydrogens (primary N) is 1. The molecule has 2 aromatic rings. The molecule has 2 aromatic carbocycles. The van der Waals surface area contributed by atoms with Crippen molar-refractivity contribution < 1.29 is 9.50 Å². The SMILES string of the molecule is Cc1ccc(CC(CN)(CO)c2cccc(F)c2)c(Cl)c1. The van der Waals surface area contributed by atoms with Crippen LogP contribution in [0.25, 0.3) is 0 Å². The molecule has 0 spiro atoms. The van der Waals surface area contributed by atoms with Crippen molar-refractivity contribution in [3.63, 3.8) is 0 Å². The van der Waals surface area contributed by atoms with Crippen LogP contribution in [0.15, 0.2) is 42.5 Å². The molecule has 2 nitrogen and oxygen atoms in total. The van der Waals surface area contributed by atoms with Gasteiger partial charge >= 0.3 is 0 Å². The molecule has 112 valence electrons. The Morgan fingerprint density at radius 2 is 2.00 bits per heavy atom. The summed E-state index contributed by atoms with van der Waals surface area (Å²) in [5.74, 6) is -0.339. The molecular weight excluding hydrogens is 289 g/mol. The maximum Gasteiger partial charge on any atom is 0.123 e. The van der Waals surface area contributed by atoms with Gasteiger partial charge in [-0.05, 0) is 48.2 Å². The molecule has 0 radical (unpaired) electrons. The van der Waals surface area contributed by atoms with E-state index in [4.69, 9.17) is 17.3 Å². The summed E-state index contributed by atoms with van der Waals surface area (Å²) in [6.45, 7) is 2.00. The van der Waals surface area contributed by atoms with Gasteiger partial charge in [-0.2, -0.15) is 0 Å². The lowest BCUT2D eigenvalue weighted by atomic mass is 9.76. The van der Waals surface area contributed by atoms with Gasteiger partial charge in [-0.25, -0.2) is 4.39 Å². The Morgan fingerprint density at radius 3 is 2.57 bits per heavy atom. The van der Waals surface area contributed by atoms with Gasteiger partial charge in [-0.3, -0.25) is 0 Å². The Hall–Kier alpha value is -1.42. The first-order chi connectivity index (χ1) is 10.0. The zero-order chi connectivity index (χ0) is 15.5. The lowest BCUT2D eigenvalue weighted by Crippen LogP contribution is -2.41. The van der Waals surface area contributed by atoms with E-state index >= 15 is 0 Å². The molecule has 0 saturated heterocycles. The summed E-state index contributed by atoms with van der Waals surface area (Å²) in [4.78, 5) is 0. The fraction of sp³-hybridized carbons (Fsp3) is 0.294. The molecule has 1 unspecified atom stereocenters. The number of halogens is 2. The lowest BCUT2D eigenvalue weighted by molar-refractivity contribution is 0.196. The second kappa shape index (κ2) is 6.56. The van der Waals surface area contributed by atoms with Crippen LogP contribution in [0.3, 0.4) is 0 Å². The molecule has 4 heteroatoms. The van der Waals surface area contributed by atoms with Crippen LogP contribution in [-0.4, -0.2) is 18.3 Å². The molecule has 0 heterocycles. The standard InChI is InChI=1S/C17H19ClFNO/c1-12-5-6-13(16(18)7-12)9-17(10-20,11-21)14-3-2-4-15(19)8-14/h2-8,21H,9-11,20H2,1H3. The molecule has 0 fully saturated rings. The molecule has 0 bridgehead atoms. The molecular formula is C17H19ClFNO. The summed E-state index contributed by atoms with van der Waals surface area (Å²) >= 11 is 6.27. The van der Waals surface area contributed by atoms with Crippen molar-refractivity contribution in [2.24, 2.45) is 5.73 Å². The molecule has 0 aliphatic carbocycles. The second-order valence-corrected chi connectivity index (χ2v) is 5.83. The first-order valence-electron chi connectivity index (χ1n) is 6.83. The molecule has 3 N–H and O–H groups in total. The minimum absolute atomic E-state index is 0.169. The number of aliphatic hydroxyl groups is 1. The van der Waals surface area contributed by atoms with Gasteiger partial charge in [0, 0.05) is 17.0 Å². The van der Waals surface area contributed by atoms with Gasteiger partial charge in [-0.1, -0.05) is 35.9 Å². The van der Waals surface area contributed by atoms with Crippen LogP contribution in [0.1, 0.15) is 16.7 Å². The van der Waals surface area contributed by atoms with E-state index in [0.29, 0.717) is 17.0 Å². The molecule has 0 aliphatic rings. The quantitative estimate of drug-likeness (QED) is 0.891. The highest BCUT2D eigenvalue weighted by molar-refractivity contribution is 6.31. The minimum atomic E-state index is -0.735. The highest BCUT2D eigenvalue weighted by Gasteiger charge is 2.31. The van der Waals surface area contributed by atoms with Gasteiger partial charge in [0.2, 0.25) is 0 Å². The van der Waals surface area contributed by atoms with E-state index in [1.165, 1.54) is 12.1 Å². The van der Waals surface area contributed by atoms with E-state index in [9.17, 15) is 9.50 Å². The van der Waals surface area contributed by atoms with E-state index < -0.39 is 5.41 Å². The number of hydrogen-bond donors (Lipinski definition) is 2. The highest BCUT2D eigenvalue weighted by atomic mass is 35.5. The van der Waals surface area contributed by atoms with E-state index in [1.54, 1.807) is 12.1 Å². The van der Waals surface area contributed by atoms with E-state index in [1.807, 2.05) is 25.1 Å². The summed E-state index contributed by atoms with van der Waals surface area (Å²) in [5.41, 5.74) is 7.81. The highest BCUT2D eigenvalue weighted by Crippen LogP contribution is 2.31. The Balaban J connectivity index is 2.43. The van der Waals surface area contributed by atoms with Crippen molar-refractivity contribution in [1.29, 1.82) is 0 Å². The van der Waals surface area contributed by atoms with Crippen LogP contribution in [0.5, 0.6) is 0 Å². The minimum Gasteiger partial charge on any atom is -0.395 e. The fourth-order valence-corrected chi connectivity index (χ4v) is 2.78. The van der Waals surface area contributed by atoms with Gasteiger partial charge in [0.1, 0.15) is 5.82 Å². The molecule has 1 atom stereocenters. The van der Waals surface area contributed by atoms with Crippen molar-refractivity contribution in [2.75, 3.05) is 13.2 Å². The summed E-state index contributed by atoms with van der Waals surface area (Å²) in [6.07, 6.45) is 0.461. The lowest BCUT2D eigenvalue weighted by Gasteiger charge is -2.31. The Kier molecular flexibility index (Phi) is 4.99. The van der Waals surface area contributed by atoms with Gasteiger partial charge in [0.05, 0.1) is 6.61 Å². The van der Waals surface area contributed by atoms with Crippen LogP contribution in [0.2, 0.25) is 5.02 Å². The fourth-order valence-electron chi connectivity index (χ4n) is 2.48. The average molecular weight is 308 g/mol. The first kappa shape index (κ1) is 16.0. The topological polar surface area (TPSA) is 46.2 Å². The van der Waals surface area contributed by atoms with Gasteiger partial charge in [-0.15, -0.1) is 0 Å². The first-order valence-corrected chi connectivity index (χ1v) is 7.20. The number of aliphatic hydroxyl groups excluding tert-OH is 1. The Bertz CT molecular complexity index is 626. The average Bonchev–Trinajstić information content (AvgIpc) is 2.47. The maximum absolute atomic E-state index is 13.5. The Morgan fingerprint density at radius 1 is 1.24 bits per heavy atom. The summed E-state index contributed by atoms with van der Waals surface area (Å²) in [6, 6.07) is 12.0. The summed E-state index contributed by atoms with van der Waals surface area (Å²) < 4.78 is 13.5. The van der Waals surface area contributed by atoms with Crippen molar-refractivity contribution in [2.45, 2.75) is 18.8 Å². The van der Waals surface area contributed by atoms with E-state index in [-0.39, 0.29) is 19.0 Å². The largest absolute Gasteiger partial charge is 0.395 e. The van der Waals surface area contributed by atoms with Gasteiger partial charge in [0.15, 0.2) is 0 Å². The molecule has 0 aliphatic heterocycles. The number of hydrogen-bond acceptors (Lipinski definition) is 2. The van der Waals surface area contributed by atoms with Crippen LogP contribution < -0.4 is 5.73 Å². The van der Waals surface area contributed by atoms with Crippen LogP contribution in [-0.2, 0) is 11.8 Å². The predicted molar refractivity (Wildman–Crippen MR) is 84.1 cm³/mol. The Labute approximate surface area is 129 Å². The molecule has 0 amide bonds. The van der Waals surface area contributed by atoms with Crippen LogP contribution in [0.4, 0.5) is 4.39 Å². The molecule has 0 saturated carbocycles. The third-order valence-electron chi connectivity index (χ3n) is 3.87. The van der Waals surface area contributed by atoms with Crippen molar-refractivity contribution in [1.82, 2.24) is 0 Å². The number of rotatable bonds is 5. The molecule has 21 heavy (non-hydrogen) atoms. The predicted octanol–water partition coefficient (Wildman–Crippen LogP) is 3.22. The monoisotopic (exact) mass is 307 g/mol. The van der Waals surface area contributed by atoms with E-state index in [0.717, 1.165) is 11.1 Å². The molecule has 2 rings (SSSR count). The maximum atomic E-state index is 13.5. The van der Waals surface area contributed by atoms with Crippen molar-refractivity contribution in [3.05, 3.63) is 70.0 Å². The van der Waals surface area contributed by atoms with Crippen molar-refractivity contribution >= 4 is 11.6 Å². The smallest absolute Gasteiger partial charge is 0.123 e. The van der Waals surface area contributed by atoms with Gasteiger partial charge in [0.25, 0.3) is 0 Å². The summed E-state index contributed by atoms with van der Waals surface area (Å²) in [7, 11) is 0. The van der Waals surface area contributed by atoms with E-state index in [2.05, 4.69) is 0 Å². The number of aryl methyl sites for hydroxylation is 1.